The molecule has 0 aliphatic carbocycles. The van der Waals surface area contributed by atoms with E-state index in [-0.39, 0.29) is 30.4 Å². The number of nitrogens with zero attached hydrogens (tertiary/aromatic N) is 2. The molecule has 0 aromatic heterocycles. The second-order valence-electron chi connectivity index (χ2n) is 4.15. The third-order valence-corrected chi connectivity index (χ3v) is 3.63. The summed E-state index contributed by atoms with van der Waals surface area (Å²) in [5.74, 6) is -0.321. The summed E-state index contributed by atoms with van der Waals surface area (Å²) in [7, 11) is 0. The molecule has 0 radical (unpaired) electrons. The Bertz CT molecular complexity index is 515. The molecule has 0 aliphatic heterocycles. The van der Waals surface area contributed by atoms with Crippen LogP contribution >= 0.6 is 23.4 Å². The lowest BCUT2D eigenvalue weighted by molar-refractivity contribution is -0.0328. The van der Waals surface area contributed by atoms with E-state index in [0.29, 0.717) is 10.6 Å². The van der Waals surface area contributed by atoms with E-state index in [0.717, 1.165) is 0 Å². The first-order chi connectivity index (χ1) is 9.30. The fraction of sp³-hybridized carbons (Fsp3) is 0.385. The van der Waals surface area contributed by atoms with Crippen molar-refractivity contribution in [3.63, 3.8) is 0 Å². The van der Waals surface area contributed by atoms with Gasteiger partial charge in [0.05, 0.1) is 12.1 Å². The quantitative estimate of drug-likeness (QED) is 0.799. The smallest absolute Gasteiger partial charge is 0.197 e. The molecule has 0 saturated heterocycles. The number of nitriles is 2. The van der Waals surface area contributed by atoms with Crippen LogP contribution in [0.2, 0.25) is 5.02 Å². The summed E-state index contributed by atoms with van der Waals surface area (Å²) in [4.78, 5) is 0. The Hall–Kier alpha value is -1.37. The molecule has 0 bridgehead atoms. The van der Waals surface area contributed by atoms with E-state index in [4.69, 9.17) is 22.1 Å². The Kier molecular flexibility index (Phi) is 5.74. The van der Waals surface area contributed by atoms with Crippen LogP contribution in [-0.2, 0) is 6.42 Å². The van der Waals surface area contributed by atoms with Gasteiger partial charge in [-0.2, -0.15) is 23.7 Å². The van der Waals surface area contributed by atoms with Gasteiger partial charge < -0.3 is 0 Å². The van der Waals surface area contributed by atoms with Gasteiger partial charge in [0.15, 0.2) is 0 Å². The maximum atomic E-state index is 12.1. The molecular formula is C13H10ClF3N2S. The lowest BCUT2D eigenvalue weighted by atomic mass is 9.82. The van der Waals surface area contributed by atoms with Crippen molar-refractivity contribution in [2.24, 2.45) is 5.41 Å². The van der Waals surface area contributed by atoms with Crippen LogP contribution in [0, 0.1) is 28.1 Å². The maximum Gasteiger partial charge on any atom is 0.441 e. The van der Waals surface area contributed by atoms with E-state index in [1.165, 1.54) is 0 Å². The molecule has 7 heteroatoms. The normalized spacial score (nSPS) is 11.7. The van der Waals surface area contributed by atoms with Gasteiger partial charge in [-0.3, -0.25) is 0 Å². The van der Waals surface area contributed by atoms with Crippen LogP contribution in [0.5, 0.6) is 0 Å². The number of benzene rings is 1. The molecule has 2 nitrogen and oxygen atoms in total. The Morgan fingerprint density at radius 1 is 1.10 bits per heavy atom. The second-order valence-corrected chi connectivity index (χ2v) is 5.75. The molecule has 0 amide bonds. The highest BCUT2D eigenvalue weighted by Gasteiger charge is 2.34. The molecule has 0 fully saturated rings. The number of hydrogen-bond acceptors (Lipinski definition) is 3. The molecule has 106 valence electrons. The zero-order valence-electron chi connectivity index (χ0n) is 10.2. The zero-order valence-corrected chi connectivity index (χ0v) is 11.8. The van der Waals surface area contributed by atoms with Crippen LogP contribution < -0.4 is 0 Å². The lowest BCUT2D eigenvalue weighted by Crippen LogP contribution is -2.21. The van der Waals surface area contributed by atoms with Gasteiger partial charge in [0, 0.05) is 17.2 Å². The summed E-state index contributed by atoms with van der Waals surface area (Å²) >= 11 is 5.51. The second kappa shape index (κ2) is 6.88. The minimum absolute atomic E-state index is 0.0790. The van der Waals surface area contributed by atoms with Gasteiger partial charge in [0.1, 0.15) is 5.41 Å². The van der Waals surface area contributed by atoms with Crippen molar-refractivity contribution >= 4 is 23.4 Å². The predicted molar refractivity (Wildman–Crippen MR) is 71.9 cm³/mol. The number of hydrogen-bond donors (Lipinski definition) is 0. The molecule has 1 rings (SSSR count). The average Bonchev–Trinajstić information content (AvgIpc) is 2.39. The largest absolute Gasteiger partial charge is 0.441 e. The minimum Gasteiger partial charge on any atom is -0.197 e. The maximum absolute atomic E-state index is 12.1. The molecule has 0 spiro atoms. The van der Waals surface area contributed by atoms with E-state index in [1.807, 2.05) is 12.1 Å². The van der Waals surface area contributed by atoms with Gasteiger partial charge in [0.2, 0.25) is 0 Å². The molecule has 1 aromatic carbocycles. The number of rotatable bonds is 5. The molecule has 1 aromatic rings. The van der Waals surface area contributed by atoms with E-state index in [1.54, 1.807) is 24.3 Å². The average molecular weight is 319 g/mol. The van der Waals surface area contributed by atoms with Crippen molar-refractivity contribution in [3.8, 4) is 12.1 Å². The summed E-state index contributed by atoms with van der Waals surface area (Å²) in [6, 6.07) is 10.2. The SMILES string of the molecule is N#CC(C#N)(CCSC(F)(F)F)Cc1ccc(Cl)cc1. The van der Waals surface area contributed by atoms with Gasteiger partial charge in [-0.05, 0) is 24.1 Å². The molecule has 0 saturated carbocycles. The van der Waals surface area contributed by atoms with Crippen molar-refractivity contribution < 1.29 is 13.2 Å². The van der Waals surface area contributed by atoms with Gasteiger partial charge in [-0.15, -0.1) is 0 Å². The number of thioether (sulfide) groups is 1. The molecule has 0 atom stereocenters. The van der Waals surface area contributed by atoms with Crippen LogP contribution in [0.4, 0.5) is 13.2 Å². The van der Waals surface area contributed by atoms with Gasteiger partial charge in [0.25, 0.3) is 0 Å². The Balaban J connectivity index is 2.75. The first-order valence-corrected chi connectivity index (χ1v) is 6.94. The van der Waals surface area contributed by atoms with Crippen LogP contribution in [0.15, 0.2) is 24.3 Å². The molecule has 20 heavy (non-hydrogen) atoms. The van der Waals surface area contributed by atoms with Crippen molar-refractivity contribution in [1.82, 2.24) is 0 Å². The fourth-order valence-corrected chi connectivity index (χ4v) is 2.40. The van der Waals surface area contributed by atoms with E-state index in [9.17, 15) is 13.2 Å². The highest BCUT2D eigenvalue weighted by molar-refractivity contribution is 8.00. The number of halogens is 4. The summed E-state index contributed by atoms with van der Waals surface area (Å²) < 4.78 is 36.3. The number of alkyl halides is 3. The van der Waals surface area contributed by atoms with Crippen molar-refractivity contribution in [3.05, 3.63) is 34.9 Å². The van der Waals surface area contributed by atoms with Gasteiger partial charge in [-0.25, -0.2) is 0 Å². The summed E-state index contributed by atoms with van der Waals surface area (Å²) in [6.07, 6.45) is -0.0671. The molecular weight excluding hydrogens is 309 g/mol. The first kappa shape index (κ1) is 16.7. The zero-order chi connectivity index (χ0) is 15.2. The summed E-state index contributed by atoms with van der Waals surface area (Å²) in [5, 5.41) is 18.8. The van der Waals surface area contributed by atoms with Crippen LogP contribution in [0.25, 0.3) is 0 Å². The van der Waals surface area contributed by atoms with E-state index < -0.39 is 10.9 Å². The van der Waals surface area contributed by atoms with Crippen molar-refractivity contribution in [2.45, 2.75) is 18.3 Å². The van der Waals surface area contributed by atoms with Crippen molar-refractivity contribution in [2.75, 3.05) is 5.75 Å². The lowest BCUT2D eigenvalue weighted by Gasteiger charge is -2.18. The molecule has 0 N–H and O–H groups in total. The highest BCUT2D eigenvalue weighted by atomic mass is 35.5. The topological polar surface area (TPSA) is 47.6 Å². The monoisotopic (exact) mass is 318 g/mol. The molecule has 0 unspecified atom stereocenters. The Labute approximate surface area is 124 Å². The van der Waals surface area contributed by atoms with E-state index >= 15 is 0 Å². The Morgan fingerprint density at radius 3 is 2.10 bits per heavy atom. The third kappa shape index (κ3) is 5.32. The standard InChI is InChI=1S/C13H10ClF3N2S/c14-11-3-1-10(2-4-11)7-12(8-18,9-19)5-6-20-13(15,16)17/h1-4H,5-7H2. The van der Waals surface area contributed by atoms with Crippen LogP contribution in [-0.4, -0.2) is 11.3 Å². The van der Waals surface area contributed by atoms with E-state index in [2.05, 4.69) is 0 Å². The minimum atomic E-state index is -4.35. The van der Waals surface area contributed by atoms with Gasteiger partial charge >= 0.3 is 5.51 Å². The van der Waals surface area contributed by atoms with Gasteiger partial charge in [-0.1, -0.05) is 35.5 Å². The Morgan fingerprint density at radius 2 is 1.65 bits per heavy atom. The first-order valence-electron chi connectivity index (χ1n) is 5.58. The van der Waals surface area contributed by atoms with Crippen molar-refractivity contribution in [1.29, 1.82) is 10.5 Å². The third-order valence-electron chi connectivity index (χ3n) is 2.64. The van der Waals surface area contributed by atoms with Crippen LogP contribution in [0.1, 0.15) is 12.0 Å². The summed E-state index contributed by atoms with van der Waals surface area (Å²) in [6.45, 7) is 0. The summed E-state index contributed by atoms with van der Waals surface area (Å²) in [5.41, 5.74) is -5.11. The highest BCUT2D eigenvalue weighted by Crippen LogP contribution is 2.35. The molecule has 0 aliphatic rings. The van der Waals surface area contributed by atoms with Crippen LogP contribution in [0.3, 0.4) is 0 Å². The molecule has 0 heterocycles. The predicted octanol–water partition coefficient (Wildman–Crippen LogP) is 4.56. The fourth-order valence-electron chi connectivity index (χ4n) is 1.60.